The van der Waals surface area contributed by atoms with Gasteiger partial charge in [0.05, 0.1) is 111 Å². The number of fused-ring (bicyclic) bond motifs is 6. The lowest BCUT2D eigenvalue weighted by atomic mass is 9.90. The van der Waals surface area contributed by atoms with Crippen LogP contribution in [0.5, 0.6) is 11.5 Å². The van der Waals surface area contributed by atoms with Crippen LogP contribution in [0.3, 0.4) is 0 Å². The summed E-state index contributed by atoms with van der Waals surface area (Å²) in [5.74, 6) is -0.869. The number of benzene rings is 4. The molecule has 4 aromatic carbocycles. The molecule has 5 aliphatic heterocycles. The Hall–Kier alpha value is -6.79. The molecule has 0 saturated carbocycles. The third kappa shape index (κ3) is 20.3. The second-order valence-corrected chi connectivity index (χ2v) is 26.1. The van der Waals surface area contributed by atoms with Gasteiger partial charge in [-0.2, -0.15) is 0 Å². The van der Waals surface area contributed by atoms with Crippen LogP contribution in [0.2, 0.25) is 0 Å². The van der Waals surface area contributed by atoms with Crippen LogP contribution >= 0.6 is 23.2 Å². The minimum Gasteiger partial charge on any atom is -0.495 e. The molecule has 0 bridgehead atoms. The average Bonchev–Trinajstić information content (AvgIpc) is 1.57. The van der Waals surface area contributed by atoms with Gasteiger partial charge in [-0.15, -0.1) is 23.2 Å². The summed E-state index contributed by atoms with van der Waals surface area (Å²) in [7, 11) is 0. The number of anilines is 2. The van der Waals surface area contributed by atoms with E-state index in [1.165, 1.54) is 18.2 Å². The summed E-state index contributed by atoms with van der Waals surface area (Å²) in [5, 5.41) is 88.6. The Bertz CT molecular complexity index is 3650. The molecule has 0 radical (unpaired) electrons. The quantitative estimate of drug-likeness (QED) is 0.0133. The summed E-state index contributed by atoms with van der Waals surface area (Å²) in [6, 6.07) is 17.9. The van der Waals surface area contributed by atoms with E-state index in [4.69, 9.17) is 80.0 Å². The number of halogens is 2. The molecule has 29 nitrogen and oxygen atoms in total. The van der Waals surface area contributed by atoms with Gasteiger partial charge < -0.3 is 113 Å². The lowest BCUT2D eigenvalue weighted by Gasteiger charge is -2.39. The van der Waals surface area contributed by atoms with Crippen molar-refractivity contribution < 1.29 is 122 Å². The Morgan fingerprint density at radius 3 is 1.61 bits per heavy atom. The first-order valence-corrected chi connectivity index (χ1v) is 36.0. The number of carbonyl (C=O) groups is 5. The highest BCUT2D eigenvalue weighted by Gasteiger charge is 2.47. The number of carbonyl (C=O) groups excluding carboxylic acids is 5. The summed E-state index contributed by atoms with van der Waals surface area (Å²) >= 11 is 13.3. The molecule has 1 unspecified atom stereocenters. The van der Waals surface area contributed by atoms with Crippen molar-refractivity contribution in [1.29, 1.82) is 0 Å². The molecule has 1 aliphatic carbocycles. The minimum absolute atomic E-state index is 0.0142. The van der Waals surface area contributed by atoms with E-state index in [0.717, 1.165) is 26.8 Å². The number of imide groups is 1. The maximum Gasteiger partial charge on any atom is 0.253 e. The Labute approximate surface area is 610 Å². The molecular formula is C73H92Cl2N4O25. The van der Waals surface area contributed by atoms with Gasteiger partial charge in [-0.3, -0.25) is 28.9 Å². The first-order chi connectivity index (χ1) is 50.5. The molecule has 6 aliphatic rings. The van der Waals surface area contributed by atoms with Crippen molar-refractivity contribution in [3.63, 3.8) is 0 Å². The smallest absolute Gasteiger partial charge is 0.253 e. The van der Waals surface area contributed by atoms with Crippen molar-refractivity contribution in [3.05, 3.63) is 120 Å². The van der Waals surface area contributed by atoms with Crippen molar-refractivity contribution in [3.8, 4) is 11.5 Å². The monoisotopic (exact) mass is 1490 g/mol. The molecule has 568 valence electrons. The first-order valence-electron chi connectivity index (χ1n) is 34.9. The van der Waals surface area contributed by atoms with Gasteiger partial charge in [-0.05, 0) is 58.5 Å². The standard InChI is InChI=1S/C73H92Cl2N4O25/c74-38-46-40-78(52-13-12-49-51(64(46)52)6-3-7-54(49)101-72-70(91)68(89)66(87)57(42-80)103-72)62(85)14-9-44-8-10-45(11-15-63(86)79-41-47(39-75)65-50-5-2-1-4-48(50)56(37-53(65)79)102-73-71(92)69(90)67(88)58(43-81)104-73)55(36-44)100-35-34-99-33-32-98-31-30-97-29-28-96-27-26-95-25-24-94-23-22-93-21-19-76-59(82)18-20-77-60(83)16-17-61(77)84/h1-8,10-13,15-17,37,44,46-47,57-58,66-73,80-81,87-92H,9,14,18-36,38-43H2,(H,76,82)/b15-11+/t44?,46-,47-,57-,58-,66+,67+,68+,69+,70-,71-,72-,73-/m1/s1. The zero-order valence-corrected chi connectivity index (χ0v) is 59.0. The van der Waals surface area contributed by atoms with E-state index in [1.54, 1.807) is 52.3 Å². The molecule has 5 heterocycles. The van der Waals surface area contributed by atoms with Crippen LogP contribution in [-0.2, 0) is 71.3 Å². The van der Waals surface area contributed by atoms with Crippen LogP contribution in [-0.4, -0.2) is 287 Å². The summed E-state index contributed by atoms with van der Waals surface area (Å²) < 4.78 is 69.4. The number of aliphatic hydroxyl groups excluding tert-OH is 8. The maximum absolute atomic E-state index is 14.6. The third-order valence-electron chi connectivity index (χ3n) is 18.6. The summed E-state index contributed by atoms with van der Waals surface area (Å²) in [5.41, 5.74) is 3.45. The van der Waals surface area contributed by atoms with Crippen LogP contribution in [0.25, 0.3) is 21.5 Å². The first kappa shape index (κ1) is 79.8. The molecule has 2 fully saturated rings. The van der Waals surface area contributed by atoms with E-state index in [2.05, 4.69) is 5.32 Å². The lowest BCUT2D eigenvalue weighted by Crippen LogP contribution is -2.60. The molecule has 104 heavy (non-hydrogen) atoms. The summed E-state index contributed by atoms with van der Waals surface area (Å²) in [6.07, 6.45) is -4.73. The van der Waals surface area contributed by atoms with Crippen LogP contribution in [0.1, 0.15) is 48.6 Å². The highest BCUT2D eigenvalue weighted by Crippen LogP contribution is 2.48. The predicted molar refractivity (Wildman–Crippen MR) is 376 cm³/mol. The highest BCUT2D eigenvalue weighted by molar-refractivity contribution is 6.20. The topological polar surface area (TPSA) is 380 Å². The number of rotatable bonds is 41. The fraction of sp³-hybridized carbons (Fsp3) is 0.548. The number of amides is 5. The van der Waals surface area contributed by atoms with Crippen molar-refractivity contribution >= 4 is 85.7 Å². The van der Waals surface area contributed by atoms with Gasteiger partial charge in [0, 0.05) is 115 Å². The molecule has 2 saturated heterocycles. The van der Waals surface area contributed by atoms with E-state index in [1.807, 2.05) is 36.4 Å². The maximum atomic E-state index is 14.6. The van der Waals surface area contributed by atoms with Gasteiger partial charge in [0.15, 0.2) is 0 Å². The number of aliphatic hydroxyl groups is 8. The number of hydrogen-bond donors (Lipinski definition) is 9. The third-order valence-corrected chi connectivity index (χ3v) is 19.4. The largest absolute Gasteiger partial charge is 0.495 e. The van der Waals surface area contributed by atoms with E-state index in [-0.39, 0.29) is 112 Å². The van der Waals surface area contributed by atoms with Crippen LogP contribution < -0.4 is 24.6 Å². The Morgan fingerprint density at radius 2 is 1.05 bits per heavy atom. The second-order valence-electron chi connectivity index (χ2n) is 25.5. The zero-order chi connectivity index (χ0) is 73.7. The Morgan fingerprint density at radius 1 is 0.548 bits per heavy atom. The number of allylic oxidation sites excluding steroid dienone is 5. The number of ether oxygens (including phenoxy) is 12. The van der Waals surface area contributed by atoms with Gasteiger partial charge >= 0.3 is 0 Å². The molecule has 10 rings (SSSR count). The van der Waals surface area contributed by atoms with Crippen LogP contribution in [0.4, 0.5) is 11.4 Å². The van der Waals surface area contributed by atoms with Gasteiger partial charge in [-0.25, -0.2) is 0 Å². The summed E-state index contributed by atoms with van der Waals surface area (Å²) in [6.45, 7) is 4.39. The molecular weight excluding hydrogens is 1400 g/mol. The fourth-order valence-corrected chi connectivity index (χ4v) is 13.6. The van der Waals surface area contributed by atoms with Gasteiger partial charge in [0.2, 0.25) is 24.4 Å². The number of nitrogens with zero attached hydrogens (tertiary/aromatic N) is 3. The second kappa shape index (κ2) is 39.7. The molecule has 5 amide bonds. The highest BCUT2D eigenvalue weighted by atomic mass is 35.5. The zero-order valence-electron chi connectivity index (χ0n) is 57.5. The van der Waals surface area contributed by atoms with Crippen molar-refractivity contribution in [1.82, 2.24) is 10.2 Å². The van der Waals surface area contributed by atoms with Crippen LogP contribution in [0.15, 0.2) is 108 Å². The molecule has 4 aromatic rings. The molecule has 9 N–H and O–H groups in total. The SMILES string of the molecule is O=C(CCN1C(=O)C=CC1=O)NCCOCCOCCOCCOCCOCCOCCOCCOC1=C(/C=C/C(=O)N2C[C@@H](CCl)c3c2cc(O[C@@H]2O[C@H](CO)[C@H](O)[C@H](O)[C@H]2O)c2ccccc32)C=CC(CCC(=O)N2C[C@@H](CCl)c3c2ccc2c(O[C@@H]4O[C@H](CO)[C@H](O)[C@H](O)[C@H]4O)cccc32)C1. The minimum atomic E-state index is -1.68. The van der Waals surface area contributed by atoms with E-state index in [0.29, 0.717) is 131 Å². The predicted octanol–water partition coefficient (Wildman–Crippen LogP) is 2.12. The summed E-state index contributed by atoms with van der Waals surface area (Å²) in [4.78, 5) is 68.4. The van der Waals surface area contributed by atoms with Crippen molar-refractivity contribution in [2.24, 2.45) is 5.92 Å². The Kier molecular flexibility index (Phi) is 30.5. The van der Waals surface area contributed by atoms with Gasteiger partial charge in [0.1, 0.15) is 72.7 Å². The molecule has 13 atom stereocenters. The Balaban J connectivity index is 0.685. The van der Waals surface area contributed by atoms with E-state index >= 15 is 0 Å². The van der Waals surface area contributed by atoms with E-state index in [9.17, 15) is 64.8 Å². The number of nitrogens with one attached hydrogen (secondary N) is 1. The molecule has 31 heteroatoms. The van der Waals surface area contributed by atoms with Crippen molar-refractivity contribution in [2.75, 3.05) is 160 Å². The number of hydrogen-bond acceptors (Lipinski definition) is 25. The van der Waals surface area contributed by atoms with E-state index < -0.39 is 86.4 Å². The fourth-order valence-electron chi connectivity index (χ4n) is 13.1. The molecule has 0 spiro atoms. The normalized spacial score (nSPS) is 25.3. The van der Waals surface area contributed by atoms with Gasteiger partial charge in [-0.1, -0.05) is 48.6 Å². The lowest BCUT2D eigenvalue weighted by molar-refractivity contribution is -0.277. The van der Waals surface area contributed by atoms with Crippen LogP contribution in [0, 0.1) is 5.92 Å². The number of alkyl halides is 2. The van der Waals surface area contributed by atoms with Crippen molar-refractivity contribution in [2.45, 2.75) is 98.9 Å². The van der Waals surface area contributed by atoms with Gasteiger partial charge in [0.25, 0.3) is 17.7 Å². The molecule has 0 aromatic heterocycles. The average molecular weight is 1500 g/mol.